The van der Waals surface area contributed by atoms with E-state index in [0.717, 1.165) is 25.0 Å². The highest BCUT2D eigenvalue weighted by Crippen LogP contribution is 2.60. The predicted octanol–water partition coefficient (Wildman–Crippen LogP) is 4.27. The Hall–Kier alpha value is -1.14. The zero-order valence-corrected chi connectivity index (χ0v) is 15.7. The summed E-state index contributed by atoms with van der Waals surface area (Å²) in [5.74, 6) is 1.52. The fourth-order valence-corrected chi connectivity index (χ4v) is 5.64. The lowest BCUT2D eigenvalue weighted by Gasteiger charge is -2.60. The molecule has 26 heavy (non-hydrogen) atoms. The van der Waals surface area contributed by atoms with Gasteiger partial charge in [0.15, 0.2) is 11.9 Å². The first-order valence-corrected chi connectivity index (χ1v) is 9.94. The highest BCUT2D eigenvalue weighted by molar-refractivity contribution is 5.21. The molecule has 1 unspecified atom stereocenters. The topological polar surface area (TPSA) is 46.2 Å². The summed E-state index contributed by atoms with van der Waals surface area (Å²) in [6, 6.07) is 9.87. The van der Waals surface area contributed by atoms with Crippen molar-refractivity contribution in [2.75, 3.05) is 0 Å². The van der Waals surface area contributed by atoms with Gasteiger partial charge < -0.3 is 14.2 Å². The molecule has 4 saturated heterocycles. The van der Waals surface area contributed by atoms with Crippen LogP contribution in [0.5, 0.6) is 5.75 Å². The molecule has 0 radical (unpaired) electrons. The van der Waals surface area contributed by atoms with Gasteiger partial charge in [-0.15, -0.1) is 0 Å². The molecule has 5 nitrogen and oxygen atoms in total. The molecule has 6 rings (SSSR count). The van der Waals surface area contributed by atoms with Gasteiger partial charge >= 0.3 is 0 Å². The molecule has 0 aromatic heterocycles. The second-order valence-electron chi connectivity index (χ2n) is 8.70. The first kappa shape index (κ1) is 17.0. The molecule has 5 fully saturated rings. The fourth-order valence-electron chi connectivity index (χ4n) is 5.64. The number of ether oxygens (including phenoxy) is 3. The number of para-hydroxylation sites is 1. The molecule has 1 aliphatic carbocycles. The molecule has 5 aliphatic rings. The third-order valence-electron chi connectivity index (χ3n) is 7.09. The smallest absolute Gasteiger partial charge is 0.205 e. The van der Waals surface area contributed by atoms with Crippen molar-refractivity contribution in [2.24, 2.45) is 23.7 Å². The third kappa shape index (κ3) is 2.37. The van der Waals surface area contributed by atoms with Crippen LogP contribution in [0.25, 0.3) is 0 Å². The molecule has 2 bridgehead atoms. The van der Waals surface area contributed by atoms with Crippen molar-refractivity contribution < 1.29 is 24.0 Å². The lowest BCUT2D eigenvalue weighted by Crippen LogP contribution is -2.70. The largest absolute Gasteiger partial charge is 0.465 e. The van der Waals surface area contributed by atoms with Crippen LogP contribution in [0.1, 0.15) is 46.5 Å². The van der Waals surface area contributed by atoms with Crippen LogP contribution in [-0.2, 0) is 19.2 Å². The Bertz CT molecular complexity index is 666. The second-order valence-corrected chi connectivity index (χ2v) is 8.70. The Kier molecular flexibility index (Phi) is 3.87. The van der Waals surface area contributed by atoms with Crippen molar-refractivity contribution in [3.63, 3.8) is 0 Å². The van der Waals surface area contributed by atoms with Gasteiger partial charge in [0, 0.05) is 18.3 Å². The summed E-state index contributed by atoms with van der Waals surface area (Å²) in [6.45, 7) is 6.48. The first-order chi connectivity index (χ1) is 12.5. The van der Waals surface area contributed by atoms with Gasteiger partial charge in [-0.05, 0) is 50.2 Å². The minimum absolute atomic E-state index is 0.191. The van der Waals surface area contributed by atoms with E-state index in [0.29, 0.717) is 17.8 Å². The summed E-state index contributed by atoms with van der Waals surface area (Å²) in [5.41, 5.74) is -0.524. The summed E-state index contributed by atoms with van der Waals surface area (Å²) in [7, 11) is 0. The minimum atomic E-state index is -0.741. The molecule has 1 spiro atoms. The number of hydrogen-bond donors (Lipinski definition) is 0. The van der Waals surface area contributed by atoms with E-state index in [2.05, 4.69) is 13.8 Å². The van der Waals surface area contributed by atoms with E-state index in [4.69, 9.17) is 24.0 Å². The van der Waals surface area contributed by atoms with Gasteiger partial charge in [0.05, 0.1) is 0 Å². The summed E-state index contributed by atoms with van der Waals surface area (Å²) in [4.78, 5) is 12.0. The summed E-state index contributed by atoms with van der Waals surface area (Å²) < 4.78 is 19.0. The van der Waals surface area contributed by atoms with Crippen molar-refractivity contribution in [3.8, 4) is 5.75 Å². The van der Waals surface area contributed by atoms with Crippen molar-refractivity contribution in [1.29, 1.82) is 0 Å². The minimum Gasteiger partial charge on any atom is -0.465 e. The van der Waals surface area contributed by atoms with Gasteiger partial charge in [0.25, 0.3) is 0 Å². The van der Waals surface area contributed by atoms with Crippen LogP contribution in [0.3, 0.4) is 0 Å². The van der Waals surface area contributed by atoms with E-state index in [9.17, 15) is 0 Å². The number of fused-ring (bicyclic) bond motifs is 2. The number of hydrogen-bond acceptors (Lipinski definition) is 5. The van der Waals surface area contributed by atoms with E-state index in [1.54, 1.807) is 0 Å². The molecule has 8 atom stereocenters. The zero-order valence-electron chi connectivity index (χ0n) is 15.7. The molecule has 4 heterocycles. The average molecular weight is 360 g/mol. The molecule has 0 N–H and O–H groups in total. The standard InChI is InChI=1S/C21H28O5/c1-13-9-10-17-14(2)18(22-15-7-5-4-6-8-15)23-19-21(17)16(13)11-12-20(3,24-19)25-26-21/h4-8,13-14,16-19H,9-12H2,1-3H3/t13-,14+,16+,17-,18?,19+,20-,21+/m0/s1. The lowest BCUT2D eigenvalue weighted by molar-refractivity contribution is -0.575. The second kappa shape index (κ2) is 5.93. The van der Waals surface area contributed by atoms with Gasteiger partial charge in [-0.25, -0.2) is 9.78 Å². The number of benzene rings is 1. The van der Waals surface area contributed by atoms with E-state index < -0.39 is 17.7 Å². The van der Waals surface area contributed by atoms with Gasteiger partial charge in [-0.3, -0.25) is 0 Å². The zero-order chi connectivity index (χ0) is 17.9. The molecule has 1 saturated carbocycles. The maximum Gasteiger partial charge on any atom is 0.205 e. The van der Waals surface area contributed by atoms with Crippen molar-refractivity contribution in [2.45, 2.75) is 70.4 Å². The van der Waals surface area contributed by atoms with Crippen LogP contribution in [0.15, 0.2) is 30.3 Å². The fraction of sp³-hybridized carbons (Fsp3) is 0.714. The maximum absolute atomic E-state index is 6.41. The van der Waals surface area contributed by atoms with Crippen LogP contribution in [0, 0.1) is 23.7 Å². The molecule has 0 amide bonds. The Labute approximate surface area is 154 Å². The van der Waals surface area contributed by atoms with Gasteiger partial charge in [-0.1, -0.05) is 32.0 Å². The van der Waals surface area contributed by atoms with Crippen LogP contribution in [0.2, 0.25) is 0 Å². The van der Waals surface area contributed by atoms with Crippen LogP contribution in [0.4, 0.5) is 0 Å². The molecule has 4 aliphatic heterocycles. The third-order valence-corrected chi connectivity index (χ3v) is 7.09. The monoisotopic (exact) mass is 360 g/mol. The van der Waals surface area contributed by atoms with Gasteiger partial charge in [0.1, 0.15) is 5.75 Å². The SMILES string of the molecule is C[C@H]1CC[C@H]2[C@@H](C)C(Oc3ccccc3)O[C@@H]3O[C@]4(C)CC[C@H]1[C@]32OO4. The molecular weight excluding hydrogens is 332 g/mol. The van der Waals surface area contributed by atoms with Gasteiger partial charge in [0.2, 0.25) is 12.1 Å². The summed E-state index contributed by atoms with van der Waals surface area (Å²) in [6.07, 6.45) is 3.35. The maximum atomic E-state index is 6.41. The van der Waals surface area contributed by atoms with E-state index >= 15 is 0 Å². The van der Waals surface area contributed by atoms with E-state index in [1.807, 2.05) is 37.3 Å². The average Bonchev–Trinajstić information content (AvgIpc) is 2.86. The Morgan fingerprint density at radius 2 is 1.81 bits per heavy atom. The quantitative estimate of drug-likeness (QED) is 0.737. The summed E-state index contributed by atoms with van der Waals surface area (Å²) >= 11 is 0. The molecule has 5 heteroatoms. The van der Waals surface area contributed by atoms with Crippen LogP contribution >= 0.6 is 0 Å². The number of rotatable bonds is 2. The van der Waals surface area contributed by atoms with Crippen molar-refractivity contribution >= 4 is 0 Å². The molecule has 142 valence electrons. The van der Waals surface area contributed by atoms with Crippen LogP contribution < -0.4 is 4.74 Å². The lowest BCUT2D eigenvalue weighted by atomic mass is 9.58. The van der Waals surface area contributed by atoms with Gasteiger partial charge in [-0.2, -0.15) is 0 Å². The molecule has 1 aromatic carbocycles. The van der Waals surface area contributed by atoms with Crippen molar-refractivity contribution in [1.82, 2.24) is 0 Å². The predicted molar refractivity (Wildman–Crippen MR) is 93.9 cm³/mol. The normalized spacial score (nSPS) is 50.0. The van der Waals surface area contributed by atoms with E-state index in [-0.39, 0.29) is 12.2 Å². The highest BCUT2D eigenvalue weighted by atomic mass is 17.3. The van der Waals surface area contributed by atoms with Crippen LogP contribution in [-0.4, -0.2) is 24.0 Å². The van der Waals surface area contributed by atoms with Crippen molar-refractivity contribution in [3.05, 3.63) is 30.3 Å². The molecular formula is C21H28O5. The first-order valence-electron chi connectivity index (χ1n) is 9.94. The highest BCUT2D eigenvalue weighted by Gasteiger charge is 2.69. The summed E-state index contributed by atoms with van der Waals surface area (Å²) in [5, 5.41) is 0. The Morgan fingerprint density at radius 3 is 2.62 bits per heavy atom. The Morgan fingerprint density at radius 1 is 1.00 bits per heavy atom. The van der Waals surface area contributed by atoms with E-state index in [1.165, 1.54) is 6.42 Å². The Balaban J connectivity index is 1.50. The molecule has 1 aromatic rings.